The van der Waals surface area contributed by atoms with Crippen LogP contribution in [0.25, 0.3) is 12.2 Å². The van der Waals surface area contributed by atoms with Crippen LogP contribution < -0.4 is 9.64 Å². The standard InChI is InChI=1S/C19H19NO4S/c1-14(21)20-12-17-9-10-18(24-13-25(2,22)23)11-16(17)8-7-15-5-3-4-6-19(15)20/h3-11H,12-13H2,1-2H3/b8-7-. The van der Waals surface area contributed by atoms with Gasteiger partial charge in [0.1, 0.15) is 5.75 Å². The SMILES string of the molecule is CC(=O)N1Cc2ccc(OCS(C)(=O)=O)cc2/C=C\c2ccccc21. The van der Waals surface area contributed by atoms with Crippen molar-refractivity contribution in [1.82, 2.24) is 0 Å². The Kier molecular flexibility index (Phi) is 4.63. The van der Waals surface area contributed by atoms with E-state index in [0.29, 0.717) is 12.3 Å². The number of rotatable bonds is 3. The second-order valence-corrected chi connectivity index (χ2v) is 8.13. The monoisotopic (exact) mass is 357 g/mol. The van der Waals surface area contributed by atoms with E-state index in [9.17, 15) is 13.2 Å². The van der Waals surface area contributed by atoms with Crippen LogP contribution in [0.5, 0.6) is 5.75 Å². The lowest BCUT2D eigenvalue weighted by Gasteiger charge is -2.26. The minimum atomic E-state index is -3.21. The molecule has 0 spiro atoms. The number of sulfone groups is 1. The normalized spacial score (nSPS) is 14.7. The van der Waals surface area contributed by atoms with Gasteiger partial charge in [0.25, 0.3) is 0 Å². The molecular formula is C19H19NO4S. The predicted octanol–water partition coefficient (Wildman–Crippen LogP) is 3.10. The number of carbonyl (C=O) groups is 1. The van der Waals surface area contributed by atoms with Gasteiger partial charge in [0.05, 0.1) is 12.2 Å². The Morgan fingerprint density at radius 3 is 2.56 bits per heavy atom. The lowest BCUT2D eigenvalue weighted by atomic mass is 10.0. The van der Waals surface area contributed by atoms with E-state index < -0.39 is 9.84 Å². The van der Waals surface area contributed by atoms with Gasteiger partial charge < -0.3 is 9.64 Å². The molecule has 25 heavy (non-hydrogen) atoms. The third-order valence-electron chi connectivity index (χ3n) is 3.94. The van der Waals surface area contributed by atoms with Gasteiger partial charge in [-0.15, -0.1) is 0 Å². The summed E-state index contributed by atoms with van der Waals surface area (Å²) >= 11 is 0. The fraction of sp³-hybridized carbons (Fsp3) is 0.211. The summed E-state index contributed by atoms with van der Waals surface area (Å²) in [5.74, 6) is 0.0842. The highest BCUT2D eigenvalue weighted by Crippen LogP contribution is 2.30. The number of amides is 1. The van der Waals surface area contributed by atoms with Gasteiger partial charge in [-0.3, -0.25) is 4.79 Å². The van der Waals surface area contributed by atoms with Crippen molar-refractivity contribution in [3.63, 3.8) is 0 Å². The van der Waals surface area contributed by atoms with Crippen LogP contribution in [0, 0.1) is 0 Å². The van der Waals surface area contributed by atoms with Gasteiger partial charge in [-0.05, 0) is 34.9 Å². The van der Waals surface area contributed by atoms with Crippen LogP contribution in [0.2, 0.25) is 0 Å². The molecule has 1 aliphatic heterocycles. The first-order valence-electron chi connectivity index (χ1n) is 7.82. The molecule has 5 nitrogen and oxygen atoms in total. The van der Waals surface area contributed by atoms with Crippen LogP contribution in [0.4, 0.5) is 5.69 Å². The molecule has 130 valence electrons. The van der Waals surface area contributed by atoms with E-state index >= 15 is 0 Å². The number of hydrogen-bond donors (Lipinski definition) is 0. The molecule has 2 aromatic rings. The summed E-state index contributed by atoms with van der Waals surface area (Å²) in [6, 6.07) is 13.1. The largest absolute Gasteiger partial charge is 0.478 e. The zero-order chi connectivity index (χ0) is 18.0. The van der Waals surface area contributed by atoms with Crippen molar-refractivity contribution in [2.75, 3.05) is 17.1 Å². The summed E-state index contributed by atoms with van der Waals surface area (Å²) in [6.07, 6.45) is 5.03. The Balaban J connectivity index is 2.00. The quantitative estimate of drug-likeness (QED) is 0.847. The zero-order valence-electron chi connectivity index (χ0n) is 14.1. The van der Waals surface area contributed by atoms with Crippen molar-refractivity contribution in [2.24, 2.45) is 0 Å². The molecule has 1 amide bonds. The fourth-order valence-corrected chi connectivity index (χ4v) is 3.08. The highest BCUT2D eigenvalue weighted by Gasteiger charge is 2.18. The predicted molar refractivity (Wildman–Crippen MR) is 99.0 cm³/mol. The van der Waals surface area contributed by atoms with Crippen molar-refractivity contribution < 1.29 is 17.9 Å². The Hall–Kier alpha value is -2.60. The van der Waals surface area contributed by atoms with E-state index in [1.807, 2.05) is 42.5 Å². The van der Waals surface area contributed by atoms with E-state index in [1.54, 1.807) is 24.0 Å². The molecule has 0 unspecified atom stereocenters. The summed E-state index contributed by atoms with van der Waals surface area (Å²) in [5.41, 5.74) is 3.68. The molecule has 0 fully saturated rings. The number of benzene rings is 2. The van der Waals surface area contributed by atoms with E-state index in [2.05, 4.69) is 0 Å². The fourth-order valence-electron chi connectivity index (χ4n) is 2.73. The number of para-hydroxylation sites is 1. The van der Waals surface area contributed by atoms with Gasteiger partial charge in [-0.25, -0.2) is 8.42 Å². The topological polar surface area (TPSA) is 63.7 Å². The third-order valence-corrected chi connectivity index (χ3v) is 4.48. The minimum absolute atomic E-state index is 0.0360. The first kappa shape index (κ1) is 17.2. The number of anilines is 1. The van der Waals surface area contributed by atoms with Crippen LogP contribution in [0.1, 0.15) is 23.6 Å². The molecule has 0 atom stereocenters. The highest BCUT2D eigenvalue weighted by molar-refractivity contribution is 7.90. The van der Waals surface area contributed by atoms with Crippen molar-refractivity contribution >= 4 is 33.6 Å². The van der Waals surface area contributed by atoms with E-state index in [1.165, 1.54) is 0 Å². The van der Waals surface area contributed by atoms with E-state index in [-0.39, 0.29) is 11.8 Å². The Bertz CT molecular complexity index is 948. The molecule has 0 aromatic heterocycles. The van der Waals surface area contributed by atoms with Crippen LogP contribution in [0.15, 0.2) is 42.5 Å². The second kappa shape index (κ2) is 6.72. The summed E-state index contributed by atoms with van der Waals surface area (Å²) in [5, 5.41) is 0. The summed E-state index contributed by atoms with van der Waals surface area (Å²) in [7, 11) is -3.21. The number of fused-ring (bicyclic) bond motifs is 2. The Morgan fingerprint density at radius 2 is 1.84 bits per heavy atom. The van der Waals surface area contributed by atoms with E-state index in [4.69, 9.17) is 4.74 Å². The summed E-state index contributed by atoms with van der Waals surface area (Å²) in [4.78, 5) is 13.9. The van der Waals surface area contributed by atoms with Gasteiger partial charge in [-0.2, -0.15) is 0 Å². The van der Waals surface area contributed by atoms with E-state index in [0.717, 1.165) is 28.6 Å². The summed E-state index contributed by atoms with van der Waals surface area (Å²) in [6.45, 7) is 1.99. The number of ether oxygens (including phenoxy) is 1. The lowest BCUT2D eigenvalue weighted by molar-refractivity contribution is -0.116. The summed E-state index contributed by atoms with van der Waals surface area (Å²) < 4.78 is 27.9. The molecule has 6 heteroatoms. The minimum Gasteiger partial charge on any atom is -0.478 e. The first-order chi connectivity index (χ1) is 11.8. The molecule has 0 radical (unpaired) electrons. The Morgan fingerprint density at radius 1 is 1.12 bits per heavy atom. The molecule has 0 aliphatic carbocycles. The first-order valence-corrected chi connectivity index (χ1v) is 9.88. The van der Waals surface area contributed by atoms with Crippen molar-refractivity contribution in [3.05, 3.63) is 59.2 Å². The molecule has 2 aromatic carbocycles. The van der Waals surface area contributed by atoms with Crippen molar-refractivity contribution in [2.45, 2.75) is 13.5 Å². The zero-order valence-corrected chi connectivity index (χ0v) is 14.9. The molecule has 0 saturated carbocycles. The molecule has 1 heterocycles. The van der Waals surface area contributed by atoms with Gasteiger partial charge in [0.15, 0.2) is 15.8 Å². The van der Waals surface area contributed by atoms with Crippen LogP contribution >= 0.6 is 0 Å². The average Bonchev–Trinajstić information content (AvgIpc) is 2.54. The lowest BCUT2D eigenvalue weighted by Crippen LogP contribution is -2.29. The van der Waals surface area contributed by atoms with Gasteiger partial charge >= 0.3 is 0 Å². The molecule has 3 rings (SSSR count). The smallest absolute Gasteiger partial charge is 0.224 e. The molecular weight excluding hydrogens is 338 g/mol. The molecule has 0 bridgehead atoms. The number of hydrogen-bond acceptors (Lipinski definition) is 4. The second-order valence-electron chi connectivity index (χ2n) is 6.05. The Labute approximate surface area is 147 Å². The molecule has 0 N–H and O–H groups in total. The molecule has 1 aliphatic rings. The molecule has 0 saturated heterocycles. The maximum atomic E-state index is 12.1. The van der Waals surface area contributed by atoms with Crippen LogP contribution in [0.3, 0.4) is 0 Å². The van der Waals surface area contributed by atoms with Gasteiger partial charge in [0.2, 0.25) is 5.91 Å². The van der Waals surface area contributed by atoms with Gasteiger partial charge in [-0.1, -0.05) is 36.4 Å². The number of nitrogens with zero attached hydrogens (tertiary/aromatic N) is 1. The number of carbonyl (C=O) groups excluding carboxylic acids is 1. The van der Waals surface area contributed by atoms with Crippen LogP contribution in [-0.4, -0.2) is 26.5 Å². The maximum absolute atomic E-state index is 12.1. The van der Waals surface area contributed by atoms with Crippen LogP contribution in [-0.2, 0) is 21.2 Å². The average molecular weight is 357 g/mol. The van der Waals surface area contributed by atoms with Crippen molar-refractivity contribution in [1.29, 1.82) is 0 Å². The maximum Gasteiger partial charge on any atom is 0.224 e. The van der Waals surface area contributed by atoms with Gasteiger partial charge in [0, 0.05) is 13.2 Å². The third kappa shape index (κ3) is 4.09. The highest BCUT2D eigenvalue weighted by atomic mass is 32.2. The van der Waals surface area contributed by atoms with Crippen molar-refractivity contribution in [3.8, 4) is 5.75 Å².